The summed E-state index contributed by atoms with van der Waals surface area (Å²) in [5, 5.41) is 2.73. The van der Waals surface area contributed by atoms with Gasteiger partial charge in [0.1, 0.15) is 12.4 Å². The zero-order valence-electron chi connectivity index (χ0n) is 7.51. The summed E-state index contributed by atoms with van der Waals surface area (Å²) in [4.78, 5) is 10.8. The lowest BCUT2D eigenvalue weighted by Crippen LogP contribution is -2.14. The van der Waals surface area contributed by atoms with E-state index < -0.39 is 5.97 Å². The highest BCUT2D eigenvalue weighted by atomic mass is 79.9. The first kappa shape index (κ1) is 11.0. The van der Waals surface area contributed by atoms with Gasteiger partial charge in [0.2, 0.25) is 0 Å². The zero-order valence-corrected chi connectivity index (χ0v) is 9.10. The lowest BCUT2D eigenvalue weighted by molar-refractivity contribution is -0.138. The molecule has 0 spiro atoms. The van der Waals surface area contributed by atoms with E-state index in [-0.39, 0.29) is 12.4 Å². The molecule has 76 valence electrons. The number of benzene rings is 1. The van der Waals surface area contributed by atoms with E-state index in [9.17, 15) is 9.18 Å². The minimum Gasteiger partial charge on any atom is -0.468 e. The van der Waals surface area contributed by atoms with Gasteiger partial charge in [-0.05, 0) is 18.2 Å². The van der Waals surface area contributed by atoms with Crippen molar-refractivity contribution in [3.63, 3.8) is 0 Å². The number of hydrogen-bond donors (Lipinski definition) is 1. The molecule has 3 nitrogen and oxygen atoms in total. The van der Waals surface area contributed by atoms with Crippen LogP contribution in [0.25, 0.3) is 0 Å². The molecule has 0 saturated carbocycles. The number of esters is 1. The third kappa shape index (κ3) is 3.33. The van der Waals surface area contributed by atoms with Crippen molar-refractivity contribution in [2.45, 2.75) is 0 Å². The molecule has 1 rings (SSSR count). The van der Waals surface area contributed by atoms with Crippen molar-refractivity contribution in [3.05, 3.63) is 28.5 Å². The molecule has 0 radical (unpaired) electrons. The van der Waals surface area contributed by atoms with Crippen molar-refractivity contribution < 1.29 is 13.9 Å². The van der Waals surface area contributed by atoms with Crippen molar-refractivity contribution in [3.8, 4) is 0 Å². The summed E-state index contributed by atoms with van der Waals surface area (Å²) in [6.07, 6.45) is 0. The molecule has 1 aromatic carbocycles. The minimum absolute atomic E-state index is 0.0202. The summed E-state index contributed by atoms with van der Waals surface area (Å²) >= 11 is 3.14. The molecule has 0 aliphatic carbocycles. The highest BCUT2D eigenvalue weighted by Crippen LogP contribution is 2.18. The van der Waals surface area contributed by atoms with E-state index in [4.69, 9.17) is 0 Å². The average Bonchev–Trinajstić information content (AvgIpc) is 2.12. The second-order valence-electron chi connectivity index (χ2n) is 2.59. The summed E-state index contributed by atoms with van der Waals surface area (Å²) < 4.78 is 17.9. The van der Waals surface area contributed by atoms with Crippen molar-refractivity contribution in [2.24, 2.45) is 0 Å². The van der Waals surface area contributed by atoms with Crippen LogP contribution in [-0.4, -0.2) is 19.6 Å². The molecular formula is C9H9BrFNO2. The van der Waals surface area contributed by atoms with E-state index in [1.807, 2.05) is 0 Å². The molecule has 1 N–H and O–H groups in total. The first-order valence-electron chi connectivity index (χ1n) is 3.88. The third-order valence-corrected chi connectivity index (χ3v) is 1.98. The van der Waals surface area contributed by atoms with E-state index in [1.54, 1.807) is 6.07 Å². The van der Waals surface area contributed by atoms with Gasteiger partial charge < -0.3 is 10.1 Å². The SMILES string of the molecule is COC(=O)CNc1cc(F)cc(Br)c1. The molecule has 0 bridgehead atoms. The first-order valence-corrected chi connectivity index (χ1v) is 4.68. The number of anilines is 1. The number of nitrogens with one attached hydrogen (secondary N) is 1. The van der Waals surface area contributed by atoms with Crippen molar-refractivity contribution in [2.75, 3.05) is 19.0 Å². The lowest BCUT2D eigenvalue weighted by atomic mass is 10.3. The van der Waals surface area contributed by atoms with Gasteiger partial charge >= 0.3 is 5.97 Å². The fourth-order valence-corrected chi connectivity index (χ4v) is 1.37. The summed E-state index contributed by atoms with van der Waals surface area (Å²) in [7, 11) is 1.30. The Labute approximate surface area is 89.4 Å². The highest BCUT2D eigenvalue weighted by Gasteiger charge is 2.01. The van der Waals surface area contributed by atoms with E-state index in [1.165, 1.54) is 19.2 Å². The molecule has 0 heterocycles. The second kappa shape index (κ2) is 4.95. The Morgan fingerprint density at radius 2 is 2.29 bits per heavy atom. The molecule has 0 aliphatic heterocycles. The first-order chi connectivity index (χ1) is 6.61. The van der Waals surface area contributed by atoms with Gasteiger partial charge in [0.25, 0.3) is 0 Å². The van der Waals surface area contributed by atoms with Crippen LogP contribution in [0.5, 0.6) is 0 Å². The summed E-state index contributed by atoms with van der Waals surface area (Å²) in [5.41, 5.74) is 0.530. The van der Waals surface area contributed by atoms with Crippen molar-refractivity contribution in [1.29, 1.82) is 0 Å². The predicted octanol–water partition coefficient (Wildman–Crippen LogP) is 2.17. The third-order valence-electron chi connectivity index (χ3n) is 1.53. The maximum atomic E-state index is 12.8. The van der Waals surface area contributed by atoms with Crippen LogP contribution in [0, 0.1) is 5.82 Å². The Bertz CT molecular complexity index is 323. The number of rotatable bonds is 3. The number of halogens is 2. The molecule has 0 saturated heterocycles. The van der Waals surface area contributed by atoms with Gasteiger partial charge in [-0.1, -0.05) is 15.9 Å². The molecule has 5 heteroatoms. The van der Waals surface area contributed by atoms with Crippen LogP contribution in [0.4, 0.5) is 10.1 Å². The Balaban J connectivity index is 2.63. The Kier molecular flexibility index (Phi) is 3.88. The molecule has 0 aromatic heterocycles. The van der Waals surface area contributed by atoms with Crippen molar-refractivity contribution in [1.82, 2.24) is 0 Å². The van der Waals surface area contributed by atoms with E-state index >= 15 is 0 Å². The number of ether oxygens (including phenoxy) is 1. The van der Waals surface area contributed by atoms with Crippen LogP contribution in [0.1, 0.15) is 0 Å². The minimum atomic E-state index is -0.398. The second-order valence-corrected chi connectivity index (χ2v) is 3.50. The molecule has 0 unspecified atom stereocenters. The maximum Gasteiger partial charge on any atom is 0.325 e. The van der Waals surface area contributed by atoms with E-state index in [0.717, 1.165) is 0 Å². The van der Waals surface area contributed by atoms with Gasteiger partial charge in [0.15, 0.2) is 0 Å². The van der Waals surface area contributed by atoms with Gasteiger partial charge in [-0.25, -0.2) is 4.39 Å². The molecule has 1 aromatic rings. The van der Waals surface area contributed by atoms with Gasteiger partial charge in [-0.15, -0.1) is 0 Å². The standard InChI is InChI=1S/C9H9BrFNO2/c1-14-9(13)5-12-8-3-6(10)2-7(11)4-8/h2-4,12H,5H2,1H3. The fraction of sp³-hybridized carbons (Fsp3) is 0.222. The van der Waals surface area contributed by atoms with Gasteiger partial charge in [0, 0.05) is 10.2 Å². The van der Waals surface area contributed by atoms with E-state index in [2.05, 4.69) is 26.0 Å². The van der Waals surface area contributed by atoms with Crippen LogP contribution in [0.2, 0.25) is 0 Å². The van der Waals surface area contributed by atoms with E-state index in [0.29, 0.717) is 10.2 Å². The molecule has 0 aliphatic rings. The summed E-state index contributed by atoms with van der Waals surface area (Å²) in [5.74, 6) is -0.767. The predicted molar refractivity (Wildman–Crippen MR) is 54.6 cm³/mol. The molecular weight excluding hydrogens is 253 g/mol. The number of carbonyl (C=O) groups excluding carboxylic acids is 1. The normalized spacial score (nSPS) is 9.64. The van der Waals surface area contributed by atoms with Crippen LogP contribution >= 0.6 is 15.9 Å². The van der Waals surface area contributed by atoms with Crippen molar-refractivity contribution >= 4 is 27.6 Å². The zero-order chi connectivity index (χ0) is 10.6. The number of carbonyl (C=O) groups is 1. The van der Waals surface area contributed by atoms with Crippen LogP contribution in [-0.2, 0) is 9.53 Å². The molecule has 0 amide bonds. The molecule has 14 heavy (non-hydrogen) atoms. The summed E-state index contributed by atoms with van der Waals surface area (Å²) in [6, 6.07) is 4.31. The van der Waals surface area contributed by atoms with Crippen LogP contribution in [0.15, 0.2) is 22.7 Å². The molecule has 0 atom stereocenters. The highest BCUT2D eigenvalue weighted by molar-refractivity contribution is 9.10. The van der Waals surface area contributed by atoms with Gasteiger partial charge in [-0.2, -0.15) is 0 Å². The monoisotopic (exact) mass is 261 g/mol. The quantitative estimate of drug-likeness (QED) is 0.848. The number of hydrogen-bond acceptors (Lipinski definition) is 3. The Morgan fingerprint density at radius 1 is 1.57 bits per heavy atom. The van der Waals surface area contributed by atoms with Crippen LogP contribution in [0.3, 0.4) is 0 Å². The largest absolute Gasteiger partial charge is 0.468 e. The van der Waals surface area contributed by atoms with Gasteiger partial charge in [0.05, 0.1) is 7.11 Å². The maximum absolute atomic E-state index is 12.8. The Hall–Kier alpha value is -1.10. The lowest BCUT2D eigenvalue weighted by Gasteiger charge is -2.05. The number of methoxy groups -OCH3 is 1. The summed E-state index contributed by atoms with van der Waals surface area (Å²) in [6.45, 7) is 0.0202. The average molecular weight is 262 g/mol. The van der Waals surface area contributed by atoms with Crippen LogP contribution < -0.4 is 5.32 Å². The fourth-order valence-electron chi connectivity index (χ4n) is 0.902. The van der Waals surface area contributed by atoms with Gasteiger partial charge in [-0.3, -0.25) is 4.79 Å². The smallest absolute Gasteiger partial charge is 0.325 e. The topological polar surface area (TPSA) is 38.3 Å². The Morgan fingerprint density at radius 3 is 2.86 bits per heavy atom. The molecule has 0 fully saturated rings.